The molecular weight excluding hydrogens is 271 g/mol. The highest BCUT2D eigenvalue weighted by molar-refractivity contribution is 6.02. The molecule has 0 atom stereocenters. The van der Waals surface area contributed by atoms with E-state index in [1.54, 1.807) is 0 Å². The number of amides is 1. The number of nitrogens with two attached hydrogens (primary N) is 2. The Morgan fingerprint density at radius 1 is 1.22 bits per heavy atom. The largest absolute Gasteiger partial charge is 0.416 e. The van der Waals surface area contributed by atoms with E-state index in [1.165, 1.54) is 13.0 Å². The summed E-state index contributed by atoms with van der Waals surface area (Å²) < 4.78 is 37.4. The lowest BCUT2D eigenvalue weighted by Gasteiger charge is -2.08. The second-order valence-electron chi connectivity index (χ2n) is 3.43. The fourth-order valence-electron chi connectivity index (χ4n) is 1.25. The third-order valence-electron chi connectivity index (χ3n) is 1.88. The highest BCUT2D eigenvalue weighted by atomic mass is 35.5. The van der Waals surface area contributed by atoms with Gasteiger partial charge in [0.2, 0.25) is 0 Å². The Labute approximate surface area is 107 Å². The molecule has 0 radical (unpaired) electrons. The minimum absolute atomic E-state index is 0. The van der Waals surface area contributed by atoms with Gasteiger partial charge in [0.25, 0.3) is 5.91 Å². The first kappa shape index (κ1) is 16.2. The van der Waals surface area contributed by atoms with Crippen molar-refractivity contribution in [2.24, 2.45) is 16.5 Å². The van der Waals surface area contributed by atoms with Gasteiger partial charge in [-0.2, -0.15) is 18.2 Å². The van der Waals surface area contributed by atoms with Gasteiger partial charge in [0, 0.05) is 5.56 Å². The van der Waals surface area contributed by atoms with Crippen molar-refractivity contribution in [1.29, 1.82) is 0 Å². The number of nitrogens with zero attached hydrogens (tertiary/aromatic N) is 1. The lowest BCUT2D eigenvalue weighted by Crippen LogP contribution is -2.24. The Hall–Kier alpha value is -1.76. The summed E-state index contributed by atoms with van der Waals surface area (Å²) >= 11 is 0. The number of alkyl halides is 3. The van der Waals surface area contributed by atoms with E-state index in [4.69, 9.17) is 11.5 Å². The van der Waals surface area contributed by atoms with E-state index in [2.05, 4.69) is 4.99 Å². The molecule has 1 rings (SSSR count). The van der Waals surface area contributed by atoms with E-state index in [9.17, 15) is 18.0 Å². The second kappa shape index (κ2) is 5.72. The van der Waals surface area contributed by atoms with Gasteiger partial charge < -0.3 is 11.5 Å². The van der Waals surface area contributed by atoms with Crippen molar-refractivity contribution < 1.29 is 18.0 Å². The molecule has 0 fully saturated rings. The van der Waals surface area contributed by atoms with Crippen LogP contribution in [-0.4, -0.2) is 11.9 Å². The molecule has 0 aliphatic rings. The maximum Gasteiger partial charge on any atom is 0.416 e. The van der Waals surface area contributed by atoms with Crippen LogP contribution in [0.2, 0.25) is 0 Å². The average molecular weight is 282 g/mol. The third-order valence-corrected chi connectivity index (χ3v) is 1.88. The topological polar surface area (TPSA) is 81.5 Å². The smallest absolute Gasteiger partial charge is 0.370 e. The molecule has 8 heteroatoms. The summed E-state index contributed by atoms with van der Waals surface area (Å²) in [6.45, 7) is 1.45. The van der Waals surface area contributed by atoms with E-state index in [1.807, 2.05) is 0 Å². The molecular formula is C10H11ClF3N3O. The van der Waals surface area contributed by atoms with Gasteiger partial charge in [-0.05, 0) is 30.7 Å². The van der Waals surface area contributed by atoms with Gasteiger partial charge in [-0.1, -0.05) is 0 Å². The van der Waals surface area contributed by atoms with E-state index in [-0.39, 0.29) is 18.0 Å². The minimum Gasteiger partial charge on any atom is -0.370 e. The minimum atomic E-state index is -4.51. The molecule has 0 bridgehead atoms. The van der Waals surface area contributed by atoms with Crippen LogP contribution in [0.4, 0.5) is 13.2 Å². The summed E-state index contributed by atoms with van der Waals surface area (Å²) in [6.07, 6.45) is -4.51. The summed E-state index contributed by atoms with van der Waals surface area (Å²) in [7, 11) is 0. The number of rotatable bonds is 1. The van der Waals surface area contributed by atoms with E-state index in [0.717, 1.165) is 6.07 Å². The van der Waals surface area contributed by atoms with Crippen LogP contribution in [-0.2, 0) is 6.18 Å². The number of aryl methyl sites for hydroxylation is 1. The van der Waals surface area contributed by atoms with Crippen LogP contribution in [0.5, 0.6) is 0 Å². The monoisotopic (exact) mass is 281 g/mol. The highest BCUT2D eigenvalue weighted by Gasteiger charge is 2.31. The molecule has 0 aliphatic heterocycles. The van der Waals surface area contributed by atoms with Crippen LogP contribution in [0.1, 0.15) is 21.5 Å². The van der Waals surface area contributed by atoms with Crippen LogP contribution in [0.15, 0.2) is 23.2 Å². The van der Waals surface area contributed by atoms with Crippen molar-refractivity contribution in [3.8, 4) is 0 Å². The zero-order chi connectivity index (χ0) is 13.2. The third kappa shape index (κ3) is 4.25. The van der Waals surface area contributed by atoms with Crippen LogP contribution < -0.4 is 11.5 Å². The normalized spacial score (nSPS) is 10.4. The SMILES string of the molecule is Cc1cc(C(=O)N=C(N)N)cc(C(F)(F)F)c1.Cl. The molecule has 18 heavy (non-hydrogen) atoms. The number of carbonyl (C=O) groups is 1. The number of guanidine groups is 1. The Bertz CT molecular complexity index is 482. The molecule has 0 saturated heterocycles. The average Bonchev–Trinajstić information content (AvgIpc) is 2.14. The zero-order valence-corrected chi connectivity index (χ0v) is 10.1. The number of aliphatic imine (C=N–C) groups is 1. The van der Waals surface area contributed by atoms with Crippen LogP contribution >= 0.6 is 12.4 Å². The lowest BCUT2D eigenvalue weighted by molar-refractivity contribution is -0.137. The van der Waals surface area contributed by atoms with Gasteiger partial charge >= 0.3 is 6.18 Å². The van der Waals surface area contributed by atoms with E-state index >= 15 is 0 Å². The van der Waals surface area contributed by atoms with Crippen LogP contribution in [0, 0.1) is 6.92 Å². The molecule has 100 valence electrons. The molecule has 0 aromatic heterocycles. The van der Waals surface area contributed by atoms with Gasteiger partial charge in [0.15, 0.2) is 5.96 Å². The van der Waals surface area contributed by atoms with Crippen molar-refractivity contribution in [2.45, 2.75) is 13.1 Å². The molecule has 4 N–H and O–H groups in total. The van der Waals surface area contributed by atoms with Crippen molar-refractivity contribution in [2.75, 3.05) is 0 Å². The summed E-state index contributed by atoms with van der Waals surface area (Å²) in [5.41, 5.74) is 9.14. The number of hydrogen-bond acceptors (Lipinski definition) is 1. The predicted octanol–water partition coefficient (Wildman–Crippen LogP) is 1.85. The van der Waals surface area contributed by atoms with Gasteiger partial charge in [-0.3, -0.25) is 4.79 Å². The van der Waals surface area contributed by atoms with Gasteiger partial charge in [0.1, 0.15) is 0 Å². The molecule has 1 aromatic rings. The number of halogens is 4. The molecule has 0 spiro atoms. The Morgan fingerprint density at radius 2 is 1.78 bits per heavy atom. The lowest BCUT2D eigenvalue weighted by atomic mass is 10.1. The van der Waals surface area contributed by atoms with Crippen molar-refractivity contribution in [3.05, 3.63) is 34.9 Å². The highest BCUT2D eigenvalue weighted by Crippen LogP contribution is 2.30. The molecule has 1 aromatic carbocycles. The molecule has 0 aliphatic carbocycles. The number of benzene rings is 1. The van der Waals surface area contributed by atoms with Gasteiger partial charge in [0.05, 0.1) is 5.56 Å². The fraction of sp³-hybridized carbons (Fsp3) is 0.200. The van der Waals surface area contributed by atoms with Gasteiger partial charge in [-0.25, -0.2) is 0 Å². The molecule has 1 amide bonds. The Kier molecular flexibility index (Phi) is 5.16. The van der Waals surface area contributed by atoms with E-state index < -0.39 is 23.6 Å². The molecule has 0 saturated carbocycles. The van der Waals surface area contributed by atoms with Crippen molar-refractivity contribution in [3.63, 3.8) is 0 Å². The van der Waals surface area contributed by atoms with Crippen molar-refractivity contribution in [1.82, 2.24) is 0 Å². The molecule has 0 unspecified atom stereocenters. The van der Waals surface area contributed by atoms with E-state index in [0.29, 0.717) is 11.6 Å². The standard InChI is InChI=1S/C10H10F3N3O.ClH/c1-5-2-6(8(17)16-9(14)15)4-7(3-5)10(11,12)13;/h2-4H,1H3,(H4,14,15,16,17);1H. The van der Waals surface area contributed by atoms with Gasteiger partial charge in [-0.15, -0.1) is 12.4 Å². The maximum atomic E-state index is 12.5. The summed E-state index contributed by atoms with van der Waals surface area (Å²) in [5.74, 6) is -1.40. The molecule has 4 nitrogen and oxygen atoms in total. The quantitative estimate of drug-likeness (QED) is 0.609. The second-order valence-corrected chi connectivity index (χ2v) is 3.43. The zero-order valence-electron chi connectivity index (χ0n) is 9.28. The summed E-state index contributed by atoms with van der Waals surface area (Å²) in [5, 5.41) is 0. The first-order valence-corrected chi connectivity index (χ1v) is 4.53. The fourth-order valence-corrected chi connectivity index (χ4v) is 1.25. The summed E-state index contributed by atoms with van der Waals surface area (Å²) in [4.78, 5) is 14.5. The number of hydrogen-bond donors (Lipinski definition) is 2. The van der Waals surface area contributed by atoms with Crippen LogP contribution in [0.3, 0.4) is 0 Å². The Morgan fingerprint density at radius 3 is 2.22 bits per heavy atom. The van der Waals surface area contributed by atoms with Crippen LogP contribution in [0.25, 0.3) is 0 Å². The first-order valence-electron chi connectivity index (χ1n) is 4.53. The predicted molar refractivity (Wildman–Crippen MR) is 63.6 cm³/mol. The first-order chi connectivity index (χ1) is 7.70. The number of carbonyl (C=O) groups excluding carboxylic acids is 1. The maximum absolute atomic E-state index is 12.5. The Balaban J connectivity index is 0.00000289. The van der Waals surface area contributed by atoms with Crippen molar-refractivity contribution >= 4 is 24.3 Å². The molecule has 0 heterocycles. The summed E-state index contributed by atoms with van der Waals surface area (Å²) in [6, 6.07) is 2.93.